The highest BCUT2D eigenvalue weighted by molar-refractivity contribution is 5.48. The molecule has 1 aliphatic heterocycles. The quantitative estimate of drug-likeness (QED) is 0.777. The number of rotatable bonds is 6. The lowest BCUT2D eigenvalue weighted by molar-refractivity contribution is 0.102. The summed E-state index contributed by atoms with van der Waals surface area (Å²) in [5.74, 6) is 0. The molecule has 1 aromatic carbocycles. The summed E-state index contributed by atoms with van der Waals surface area (Å²) < 4.78 is 5.12. The molecule has 0 bridgehead atoms. The van der Waals surface area contributed by atoms with Gasteiger partial charge in [0.15, 0.2) is 0 Å². The summed E-state index contributed by atoms with van der Waals surface area (Å²) in [6.45, 7) is 7.57. The third kappa shape index (κ3) is 5.15. The Labute approximate surface area is 116 Å². The molecule has 0 N–H and O–H groups in total. The number of hydrogen-bond acceptors (Lipinski definition) is 3. The van der Waals surface area contributed by atoms with Crippen LogP contribution < -0.4 is 0 Å². The molecule has 0 spiro atoms. The van der Waals surface area contributed by atoms with E-state index in [1.54, 1.807) is 7.11 Å². The number of benzene rings is 1. The van der Waals surface area contributed by atoms with E-state index in [0.29, 0.717) is 0 Å². The van der Waals surface area contributed by atoms with Gasteiger partial charge in [-0.05, 0) is 5.56 Å². The maximum atomic E-state index is 5.12. The van der Waals surface area contributed by atoms with Gasteiger partial charge in [0.05, 0.1) is 6.61 Å². The van der Waals surface area contributed by atoms with Crippen molar-refractivity contribution in [1.82, 2.24) is 9.80 Å². The van der Waals surface area contributed by atoms with Crippen molar-refractivity contribution in [3.63, 3.8) is 0 Å². The molecule has 0 saturated carbocycles. The molecule has 0 amide bonds. The van der Waals surface area contributed by atoms with E-state index >= 15 is 0 Å². The van der Waals surface area contributed by atoms with Gasteiger partial charge in [-0.25, -0.2) is 0 Å². The van der Waals surface area contributed by atoms with Gasteiger partial charge in [0.2, 0.25) is 0 Å². The Morgan fingerprint density at radius 1 is 1.05 bits per heavy atom. The molecule has 3 nitrogen and oxygen atoms in total. The first-order chi connectivity index (χ1) is 9.38. The molecule has 1 aromatic rings. The Morgan fingerprint density at radius 3 is 2.42 bits per heavy atom. The van der Waals surface area contributed by atoms with Gasteiger partial charge in [-0.15, -0.1) is 0 Å². The Bertz CT molecular complexity index is 370. The largest absolute Gasteiger partial charge is 0.383 e. The molecule has 0 aliphatic carbocycles. The third-order valence-electron chi connectivity index (χ3n) is 3.55. The molecule has 2 rings (SSSR count). The van der Waals surface area contributed by atoms with Crippen LogP contribution in [0.1, 0.15) is 5.56 Å². The zero-order valence-electron chi connectivity index (χ0n) is 11.8. The normalized spacial score (nSPS) is 18.2. The van der Waals surface area contributed by atoms with Crippen molar-refractivity contribution in [3.05, 3.63) is 42.0 Å². The van der Waals surface area contributed by atoms with E-state index in [4.69, 9.17) is 4.74 Å². The van der Waals surface area contributed by atoms with Crippen molar-refractivity contribution in [3.8, 4) is 0 Å². The Kier molecular flexibility index (Phi) is 6.08. The van der Waals surface area contributed by atoms with Crippen LogP contribution in [-0.2, 0) is 4.74 Å². The fraction of sp³-hybridized carbons (Fsp3) is 0.500. The fourth-order valence-electron chi connectivity index (χ4n) is 2.32. The molecular formula is C16H24N2O. The first kappa shape index (κ1) is 14.3. The summed E-state index contributed by atoms with van der Waals surface area (Å²) in [5, 5.41) is 0. The number of ether oxygens (including phenoxy) is 1. The van der Waals surface area contributed by atoms with Gasteiger partial charge in [0.25, 0.3) is 0 Å². The van der Waals surface area contributed by atoms with Gasteiger partial charge in [0.1, 0.15) is 0 Å². The van der Waals surface area contributed by atoms with Gasteiger partial charge in [-0.2, -0.15) is 0 Å². The smallest absolute Gasteiger partial charge is 0.0589 e. The SMILES string of the molecule is COCCN1CCN(CC=Cc2ccccc2)CC1. The highest BCUT2D eigenvalue weighted by Gasteiger charge is 2.14. The van der Waals surface area contributed by atoms with Crippen LogP contribution in [0.4, 0.5) is 0 Å². The van der Waals surface area contributed by atoms with Gasteiger partial charge in [0, 0.05) is 46.4 Å². The van der Waals surface area contributed by atoms with Gasteiger partial charge in [-0.1, -0.05) is 42.5 Å². The first-order valence-electron chi connectivity index (χ1n) is 7.04. The van der Waals surface area contributed by atoms with Crippen LogP contribution in [0.25, 0.3) is 6.08 Å². The molecule has 0 aromatic heterocycles. The molecular weight excluding hydrogens is 236 g/mol. The van der Waals surface area contributed by atoms with Crippen LogP contribution in [0, 0.1) is 0 Å². The average Bonchev–Trinajstić information content (AvgIpc) is 2.47. The fourth-order valence-corrected chi connectivity index (χ4v) is 2.32. The van der Waals surface area contributed by atoms with Crippen LogP contribution in [0.3, 0.4) is 0 Å². The van der Waals surface area contributed by atoms with E-state index in [9.17, 15) is 0 Å². The lowest BCUT2D eigenvalue weighted by atomic mass is 10.2. The number of methoxy groups -OCH3 is 1. The predicted molar refractivity (Wildman–Crippen MR) is 80.2 cm³/mol. The van der Waals surface area contributed by atoms with E-state index in [1.165, 1.54) is 5.56 Å². The van der Waals surface area contributed by atoms with Crippen LogP contribution in [-0.4, -0.2) is 62.8 Å². The third-order valence-corrected chi connectivity index (χ3v) is 3.55. The molecule has 1 fully saturated rings. The Morgan fingerprint density at radius 2 is 1.74 bits per heavy atom. The van der Waals surface area contributed by atoms with E-state index in [0.717, 1.165) is 45.9 Å². The molecule has 1 saturated heterocycles. The zero-order valence-corrected chi connectivity index (χ0v) is 11.8. The van der Waals surface area contributed by atoms with Gasteiger partial charge < -0.3 is 4.74 Å². The van der Waals surface area contributed by atoms with Crippen molar-refractivity contribution < 1.29 is 4.74 Å². The summed E-state index contributed by atoms with van der Waals surface area (Å²) in [6.07, 6.45) is 4.47. The van der Waals surface area contributed by atoms with Gasteiger partial charge in [-0.3, -0.25) is 9.80 Å². The molecule has 1 aliphatic rings. The summed E-state index contributed by atoms with van der Waals surface area (Å²) >= 11 is 0. The molecule has 3 heteroatoms. The summed E-state index contributed by atoms with van der Waals surface area (Å²) in [5.41, 5.74) is 1.28. The average molecular weight is 260 g/mol. The van der Waals surface area contributed by atoms with Crippen molar-refractivity contribution >= 4 is 6.08 Å². The predicted octanol–water partition coefficient (Wildman–Crippen LogP) is 1.96. The minimum atomic E-state index is 0.841. The molecule has 1 heterocycles. The maximum Gasteiger partial charge on any atom is 0.0589 e. The van der Waals surface area contributed by atoms with Gasteiger partial charge >= 0.3 is 0 Å². The molecule has 0 atom stereocenters. The van der Waals surface area contributed by atoms with E-state index in [-0.39, 0.29) is 0 Å². The second-order valence-corrected chi connectivity index (χ2v) is 4.95. The highest BCUT2D eigenvalue weighted by Crippen LogP contribution is 2.04. The molecule has 0 radical (unpaired) electrons. The Hall–Kier alpha value is -1.16. The minimum absolute atomic E-state index is 0.841. The lowest BCUT2D eigenvalue weighted by Crippen LogP contribution is -2.47. The summed E-state index contributed by atoms with van der Waals surface area (Å²) in [7, 11) is 1.77. The summed E-state index contributed by atoms with van der Waals surface area (Å²) in [6, 6.07) is 10.5. The van der Waals surface area contributed by atoms with Crippen LogP contribution in [0.5, 0.6) is 0 Å². The van der Waals surface area contributed by atoms with Crippen LogP contribution >= 0.6 is 0 Å². The standard InChI is InChI=1S/C16H24N2O/c1-19-15-14-18-12-10-17(11-13-18)9-5-8-16-6-3-2-4-7-16/h2-8H,9-15H2,1H3. The molecule has 19 heavy (non-hydrogen) atoms. The van der Waals surface area contributed by atoms with Crippen molar-refractivity contribution in [2.24, 2.45) is 0 Å². The second-order valence-electron chi connectivity index (χ2n) is 4.95. The minimum Gasteiger partial charge on any atom is -0.383 e. The van der Waals surface area contributed by atoms with E-state index in [2.05, 4.69) is 52.3 Å². The van der Waals surface area contributed by atoms with Crippen LogP contribution in [0.15, 0.2) is 36.4 Å². The summed E-state index contributed by atoms with van der Waals surface area (Å²) in [4.78, 5) is 4.98. The van der Waals surface area contributed by atoms with Crippen molar-refractivity contribution in [1.29, 1.82) is 0 Å². The monoisotopic (exact) mass is 260 g/mol. The lowest BCUT2D eigenvalue weighted by Gasteiger charge is -2.33. The topological polar surface area (TPSA) is 15.7 Å². The first-order valence-corrected chi connectivity index (χ1v) is 7.04. The highest BCUT2D eigenvalue weighted by atomic mass is 16.5. The number of hydrogen-bond donors (Lipinski definition) is 0. The molecule has 0 unspecified atom stereocenters. The Balaban J connectivity index is 1.67. The van der Waals surface area contributed by atoms with Crippen molar-refractivity contribution in [2.45, 2.75) is 0 Å². The van der Waals surface area contributed by atoms with Crippen LogP contribution in [0.2, 0.25) is 0 Å². The molecule has 104 valence electrons. The second kappa shape index (κ2) is 8.10. The van der Waals surface area contributed by atoms with E-state index < -0.39 is 0 Å². The number of nitrogens with zero attached hydrogens (tertiary/aromatic N) is 2. The number of piperazine rings is 1. The maximum absolute atomic E-state index is 5.12. The van der Waals surface area contributed by atoms with Crippen molar-refractivity contribution in [2.75, 3.05) is 53.0 Å². The van der Waals surface area contributed by atoms with E-state index in [1.807, 2.05) is 0 Å². The zero-order chi connectivity index (χ0) is 13.3.